The lowest BCUT2D eigenvalue weighted by Gasteiger charge is -2.22. The second-order valence-electron chi connectivity index (χ2n) is 8.92. The summed E-state index contributed by atoms with van der Waals surface area (Å²) in [6, 6.07) is 15.0. The number of carbonyl (C=O) groups excluding carboxylic acids is 1. The van der Waals surface area contributed by atoms with Gasteiger partial charge in [-0.2, -0.15) is 15.5 Å². The van der Waals surface area contributed by atoms with Crippen LogP contribution in [0.15, 0.2) is 48.7 Å². The molecule has 0 aliphatic rings. The number of hydrogen-bond acceptors (Lipinski definition) is 8. The topological polar surface area (TPSA) is 121 Å². The zero-order chi connectivity index (χ0) is 26.9. The third-order valence-corrected chi connectivity index (χ3v) is 5.67. The van der Waals surface area contributed by atoms with Crippen molar-refractivity contribution in [3.8, 4) is 12.1 Å². The highest BCUT2D eigenvalue weighted by Crippen LogP contribution is 2.29. The van der Waals surface area contributed by atoms with Crippen LogP contribution in [0, 0.1) is 36.5 Å². The molecule has 0 aliphatic heterocycles. The molecule has 0 fully saturated rings. The predicted molar refractivity (Wildman–Crippen MR) is 146 cm³/mol. The number of likely N-dealkylation sites (N-methyl/N-ethyl adjacent to an activating group) is 2. The van der Waals surface area contributed by atoms with Gasteiger partial charge in [0.2, 0.25) is 5.95 Å². The Balaban J connectivity index is 1.99. The first-order valence-corrected chi connectivity index (χ1v) is 11.7. The van der Waals surface area contributed by atoms with Crippen LogP contribution >= 0.6 is 0 Å². The number of anilines is 4. The van der Waals surface area contributed by atoms with E-state index in [1.165, 1.54) is 12.3 Å². The van der Waals surface area contributed by atoms with Gasteiger partial charge in [0.15, 0.2) is 0 Å². The summed E-state index contributed by atoms with van der Waals surface area (Å²) in [7, 11) is 5.67. The van der Waals surface area contributed by atoms with E-state index in [1.807, 2.05) is 51.0 Å². The number of nitrogens with one attached hydrogen (secondary N) is 2. The van der Waals surface area contributed by atoms with Crippen LogP contribution in [0.5, 0.6) is 0 Å². The van der Waals surface area contributed by atoms with Gasteiger partial charge in [0.05, 0.1) is 17.7 Å². The number of benzene rings is 2. The SMILES string of the molecule is Cc1cc(/C=C/C#N)cc(C)c1Nc1nc(Nc2ccc(C#N)cc2)ncc1C(=O)N(C)CCN(C)C. The molecule has 0 aliphatic carbocycles. The maximum atomic E-state index is 13.3. The molecule has 3 rings (SSSR count). The lowest BCUT2D eigenvalue weighted by molar-refractivity contribution is 0.0786. The molecule has 1 amide bonds. The Hall–Kier alpha value is -4.73. The van der Waals surface area contributed by atoms with Gasteiger partial charge in [-0.1, -0.05) is 0 Å². The van der Waals surface area contributed by atoms with E-state index < -0.39 is 0 Å². The van der Waals surface area contributed by atoms with E-state index in [0.717, 1.165) is 28.9 Å². The van der Waals surface area contributed by atoms with Crippen molar-refractivity contribution in [1.29, 1.82) is 10.5 Å². The number of hydrogen-bond donors (Lipinski definition) is 2. The molecule has 3 aromatic rings. The minimum atomic E-state index is -0.196. The average molecular weight is 495 g/mol. The first-order chi connectivity index (χ1) is 17.7. The number of carbonyl (C=O) groups is 1. The van der Waals surface area contributed by atoms with Gasteiger partial charge in [0.1, 0.15) is 11.4 Å². The van der Waals surface area contributed by atoms with Gasteiger partial charge in [-0.05, 0) is 87.1 Å². The maximum absolute atomic E-state index is 13.3. The summed E-state index contributed by atoms with van der Waals surface area (Å²) in [6.45, 7) is 5.19. The summed E-state index contributed by atoms with van der Waals surface area (Å²) in [6.07, 6.45) is 4.71. The first kappa shape index (κ1) is 26.9. The minimum absolute atomic E-state index is 0.196. The Kier molecular flexibility index (Phi) is 8.93. The standard InChI is InChI=1S/C28H30N8O/c1-19-15-22(7-6-12-29)16-20(2)25(19)33-26-24(27(37)36(5)14-13-35(3)4)18-31-28(34-26)32-23-10-8-21(17-30)9-11-23/h6-11,15-16,18H,13-14H2,1-5H3,(H2,31,32,33,34)/b7-6+. The number of rotatable bonds is 9. The summed E-state index contributed by atoms with van der Waals surface area (Å²) >= 11 is 0. The number of aryl methyl sites for hydroxylation is 2. The molecule has 37 heavy (non-hydrogen) atoms. The second kappa shape index (κ2) is 12.3. The Morgan fingerprint density at radius 2 is 1.70 bits per heavy atom. The van der Waals surface area contributed by atoms with Crippen LogP contribution in [0.4, 0.5) is 23.1 Å². The molecular formula is C28H30N8O. The molecule has 0 atom stereocenters. The molecule has 0 saturated heterocycles. The maximum Gasteiger partial charge on any atom is 0.258 e. The third-order valence-electron chi connectivity index (χ3n) is 5.67. The van der Waals surface area contributed by atoms with Crippen molar-refractivity contribution in [3.05, 3.63) is 76.5 Å². The fraction of sp³-hybridized carbons (Fsp3) is 0.250. The number of nitriles is 2. The van der Waals surface area contributed by atoms with Crippen molar-refractivity contribution >= 4 is 35.1 Å². The molecule has 0 radical (unpaired) electrons. The van der Waals surface area contributed by atoms with Crippen molar-refractivity contribution in [2.24, 2.45) is 0 Å². The van der Waals surface area contributed by atoms with Gasteiger partial charge < -0.3 is 20.4 Å². The third kappa shape index (κ3) is 7.14. The summed E-state index contributed by atoms with van der Waals surface area (Å²) in [5, 5.41) is 24.4. The van der Waals surface area contributed by atoms with Crippen LogP contribution in [0.1, 0.15) is 32.6 Å². The highest BCUT2D eigenvalue weighted by Gasteiger charge is 2.20. The molecular weight excluding hydrogens is 464 g/mol. The normalized spacial score (nSPS) is 10.7. The van der Waals surface area contributed by atoms with Crippen LogP contribution < -0.4 is 10.6 Å². The zero-order valence-corrected chi connectivity index (χ0v) is 21.7. The van der Waals surface area contributed by atoms with Gasteiger partial charge in [-0.3, -0.25) is 4.79 Å². The van der Waals surface area contributed by atoms with Gasteiger partial charge in [0, 0.05) is 43.8 Å². The summed E-state index contributed by atoms with van der Waals surface area (Å²) in [4.78, 5) is 26.0. The first-order valence-electron chi connectivity index (χ1n) is 11.7. The zero-order valence-electron chi connectivity index (χ0n) is 21.7. The monoisotopic (exact) mass is 494 g/mol. The molecule has 0 spiro atoms. The van der Waals surface area contributed by atoms with Crippen LogP contribution in [0.3, 0.4) is 0 Å². The van der Waals surface area contributed by atoms with Crippen LogP contribution in [0.25, 0.3) is 6.08 Å². The fourth-order valence-electron chi connectivity index (χ4n) is 3.65. The summed E-state index contributed by atoms with van der Waals surface area (Å²) in [5.41, 5.74) is 5.23. The Labute approximate surface area is 217 Å². The summed E-state index contributed by atoms with van der Waals surface area (Å²) < 4.78 is 0. The lowest BCUT2D eigenvalue weighted by atomic mass is 10.0. The number of allylic oxidation sites excluding steroid dienone is 1. The van der Waals surface area contributed by atoms with E-state index in [0.29, 0.717) is 35.1 Å². The van der Waals surface area contributed by atoms with Crippen LogP contribution in [-0.4, -0.2) is 59.9 Å². The van der Waals surface area contributed by atoms with E-state index in [9.17, 15) is 4.79 Å². The average Bonchev–Trinajstić information content (AvgIpc) is 2.88. The molecule has 0 bridgehead atoms. The highest BCUT2D eigenvalue weighted by molar-refractivity contribution is 5.99. The van der Waals surface area contributed by atoms with E-state index >= 15 is 0 Å². The quantitative estimate of drug-likeness (QED) is 0.413. The van der Waals surface area contributed by atoms with Crippen LogP contribution in [0.2, 0.25) is 0 Å². The highest BCUT2D eigenvalue weighted by atomic mass is 16.2. The van der Waals surface area contributed by atoms with Gasteiger partial charge >= 0.3 is 0 Å². The summed E-state index contributed by atoms with van der Waals surface area (Å²) in [5.74, 6) is 0.487. The van der Waals surface area contributed by atoms with Gasteiger partial charge in [0.25, 0.3) is 5.91 Å². The Morgan fingerprint density at radius 1 is 1.03 bits per heavy atom. The smallest absolute Gasteiger partial charge is 0.258 e. The number of aromatic nitrogens is 2. The van der Waals surface area contributed by atoms with Crippen molar-refractivity contribution < 1.29 is 4.79 Å². The largest absolute Gasteiger partial charge is 0.340 e. The van der Waals surface area contributed by atoms with Crippen molar-refractivity contribution in [1.82, 2.24) is 19.8 Å². The molecule has 2 aromatic carbocycles. The van der Waals surface area contributed by atoms with E-state index in [2.05, 4.69) is 26.7 Å². The molecule has 9 heteroatoms. The van der Waals surface area contributed by atoms with Crippen molar-refractivity contribution in [3.63, 3.8) is 0 Å². The Morgan fingerprint density at radius 3 is 2.30 bits per heavy atom. The lowest BCUT2D eigenvalue weighted by Crippen LogP contribution is -2.34. The van der Waals surface area contributed by atoms with Crippen LogP contribution in [-0.2, 0) is 0 Å². The van der Waals surface area contributed by atoms with Gasteiger partial charge in [-0.25, -0.2) is 4.98 Å². The van der Waals surface area contributed by atoms with E-state index in [1.54, 1.807) is 42.3 Å². The molecule has 1 heterocycles. The molecule has 0 unspecified atom stereocenters. The van der Waals surface area contributed by atoms with Crippen molar-refractivity contribution in [2.45, 2.75) is 13.8 Å². The Bertz CT molecular complexity index is 1360. The molecule has 9 nitrogen and oxygen atoms in total. The predicted octanol–water partition coefficient (Wildman–Crippen LogP) is 4.62. The number of nitrogens with zero attached hydrogens (tertiary/aromatic N) is 6. The van der Waals surface area contributed by atoms with E-state index in [4.69, 9.17) is 10.5 Å². The van der Waals surface area contributed by atoms with Gasteiger partial charge in [-0.15, -0.1) is 0 Å². The molecule has 0 saturated carbocycles. The van der Waals surface area contributed by atoms with Crippen molar-refractivity contribution in [2.75, 3.05) is 44.9 Å². The second-order valence-corrected chi connectivity index (χ2v) is 8.92. The van der Waals surface area contributed by atoms with E-state index in [-0.39, 0.29) is 5.91 Å². The molecule has 1 aromatic heterocycles. The molecule has 188 valence electrons. The molecule has 2 N–H and O–H groups in total. The number of amides is 1. The fourth-order valence-corrected chi connectivity index (χ4v) is 3.65. The minimum Gasteiger partial charge on any atom is -0.340 e.